The highest BCUT2D eigenvalue weighted by Crippen LogP contribution is 2.28. The van der Waals surface area contributed by atoms with Crippen molar-refractivity contribution in [3.8, 4) is 11.5 Å². The molecule has 0 aliphatic carbocycles. The molecule has 1 aromatic heterocycles. The first-order valence-corrected chi connectivity index (χ1v) is 8.86. The number of rotatable bonds is 10. The van der Waals surface area contributed by atoms with Gasteiger partial charge in [0, 0.05) is 18.6 Å². The first kappa shape index (κ1) is 19.0. The number of methoxy groups -OCH3 is 2. The highest BCUT2D eigenvalue weighted by molar-refractivity contribution is 5.70. The highest BCUT2D eigenvalue weighted by Gasteiger charge is 2.03. The van der Waals surface area contributed by atoms with Gasteiger partial charge in [-0.15, -0.1) is 0 Å². The average molecular weight is 341 g/mol. The summed E-state index contributed by atoms with van der Waals surface area (Å²) in [6, 6.07) is 10.2. The number of nitrogens with zero attached hydrogens (tertiary/aromatic N) is 1. The zero-order valence-corrected chi connectivity index (χ0v) is 15.3. The van der Waals surface area contributed by atoms with E-state index in [2.05, 4.69) is 41.2 Å². The number of ether oxygens (including phenoxy) is 2. The topological polar surface area (TPSA) is 48.4 Å². The Morgan fingerprint density at radius 1 is 0.840 bits per heavy atom. The Labute approximate surface area is 150 Å². The molecule has 0 radical (unpaired) electrons. The smallest absolute Gasteiger partial charge is 0.169 e. The Morgan fingerprint density at radius 3 is 2.20 bits per heavy atom. The zero-order valence-electron chi connectivity index (χ0n) is 15.3. The number of aryl methyl sites for hydroxylation is 1. The molecule has 0 amide bonds. The lowest BCUT2D eigenvalue weighted by Gasteiger charge is -2.07. The molecule has 1 aromatic carbocycles. The van der Waals surface area contributed by atoms with Gasteiger partial charge in [-0.2, -0.15) is 0 Å². The second kappa shape index (κ2) is 10.5. The summed E-state index contributed by atoms with van der Waals surface area (Å²) < 4.78 is 12.8. The third-order valence-corrected chi connectivity index (χ3v) is 4.16. The molecule has 0 saturated heterocycles. The molecule has 0 saturated carbocycles. The lowest BCUT2D eigenvalue weighted by atomic mass is 10.1. The molecule has 2 rings (SSSR count). The van der Waals surface area contributed by atoms with Crippen molar-refractivity contribution >= 4 is 12.2 Å². The van der Waals surface area contributed by atoms with E-state index < -0.39 is 0 Å². The van der Waals surface area contributed by atoms with Gasteiger partial charge in [0.25, 0.3) is 0 Å². The van der Waals surface area contributed by atoms with Crippen LogP contribution in [0.15, 0.2) is 42.7 Å². The Morgan fingerprint density at radius 2 is 1.52 bits per heavy atom. The van der Waals surface area contributed by atoms with Crippen LogP contribution in [0.25, 0.3) is 12.2 Å². The lowest BCUT2D eigenvalue weighted by molar-refractivity contribution is -0.697. The molecule has 25 heavy (non-hydrogen) atoms. The summed E-state index contributed by atoms with van der Waals surface area (Å²) in [7, 11) is 3.29. The molecule has 0 atom stereocenters. The predicted octanol–water partition coefficient (Wildman–Crippen LogP) is 3.68. The van der Waals surface area contributed by atoms with Crippen molar-refractivity contribution in [2.45, 2.75) is 32.2 Å². The van der Waals surface area contributed by atoms with Crippen LogP contribution in [0.2, 0.25) is 0 Å². The number of unbranched alkanes of at least 4 members (excludes halogenated alkanes) is 3. The normalized spacial score (nSPS) is 11.0. The standard InChI is InChI=1S/C21H29N2O2/c1-24-20-10-9-19(17-21(20)25-2)8-7-18-11-15-23(16-12-18)14-6-4-3-5-13-22/h7-12,15-17H,3-6,13-14,22H2,1-2H3/q+1/b8-7+. The van der Waals surface area contributed by atoms with Crippen LogP contribution in [0.1, 0.15) is 36.8 Å². The first-order valence-electron chi connectivity index (χ1n) is 8.86. The van der Waals surface area contributed by atoms with Crippen molar-refractivity contribution in [2.24, 2.45) is 5.73 Å². The number of pyridine rings is 1. The largest absolute Gasteiger partial charge is 0.493 e. The number of hydrogen-bond acceptors (Lipinski definition) is 3. The van der Waals surface area contributed by atoms with Crippen molar-refractivity contribution in [1.29, 1.82) is 0 Å². The number of hydrogen-bond donors (Lipinski definition) is 1. The molecule has 1 heterocycles. The van der Waals surface area contributed by atoms with E-state index >= 15 is 0 Å². The minimum atomic E-state index is 0.741. The summed E-state index contributed by atoms with van der Waals surface area (Å²) in [5.41, 5.74) is 7.77. The van der Waals surface area contributed by atoms with Gasteiger partial charge in [0.05, 0.1) is 14.2 Å². The second-order valence-corrected chi connectivity index (χ2v) is 6.02. The van der Waals surface area contributed by atoms with Gasteiger partial charge in [0.2, 0.25) is 0 Å². The number of benzene rings is 1. The fourth-order valence-corrected chi connectivity index (χ4v) is 2.67. The molecule has 0 fully saturated rings. The highest BCUT2D eigenvalue weighted by atomic mass is 16.5. The fourth-order valence-electron chi connectivity index (χ4n) is 2.67. The minimum Gasteiger partial charge on any atom is -0.493 e. The average Bonchev–Trinajstić information content (AvgIpc) is 2.66. The van der Waals surface area contributed by atoms with E-state index in [1.165, 1.54) is 24.8 Å². The van der Waals surface area contributed by atoms with Crippen molar-refractivity contribution in [3.05, 3.63) is 53.9 Å². The zero-order chi connectivity index (χ0) is 17.9. The molecule has 2 N–H and O–H groups in total. The third-order valence-electron chi connectivity index (χ3n) is 4.16. The van der Waals surface area contributed by atoms with Crippen LogP contribution in [0.4, 0.5) is 0 Å². The second-order valence-electron chi connectivity index (χ2n) is 6.02. The monoisotopic (exact) mass is 341 g/mol. The summed E-state index contributed by atoms with van der Waals surface area (Å²) in [4.78, 5) is 0. The van der Waals surface area contributed by atoms with Gasteiger partial charge < -0.3 is 15.2 Å². The van der Waals surface area contributed by atoms with Gasteiger partial charge >= 0.3 is 0 Å². The van der Waals surface area contributed by atoms with Gasteiger partial charge in [-0.3, -0.25) is 0 Å². The van der Waals surface area contributed by atoms with Gasteiger partial charge in [0.1, 0.15) is 6.54 Å². The van der Waals surface area contributed by atoms with Gasteiger partial charge in [-0.1, -0.05) is 24.6 Å². The van der Waals surface area contributed by atoms with Gasteiger partial charge in [-0.05, 0) is 42.6 Å². The SMILES string of the molecule is COc1ccc(/C=C/c2cc[n+](CCCCCCN)cc2)cc1OC. The summed E-state index contributed by atoms with van der Waals surface area (Å²) >= 11 is 0. The van der Waals surface area contributed by atoms with Crippen LogP contribution in [0.3, 0.4) is 0 Å². The third kappa shape index (κ3) is 6.24. The van der Waals surface area contributed by atoms with Gasteiger partial charge in [-0.25, -0.2) is 4.57 Å². The minimum absolute atomic E-state index is 0.741. The van der Waals surface area contributed by atoms with E-state index in [1.54, 1.807) is 14.2 Å². The molecule has 0 bridgehead atoms. The Bertz CT molecular complexity index is 666. The van der Waals surface area contributed by atoms with E-state index in [-0.39, 0.29) is 0 Å². The Hall–Kier alpha value is -2.33. The maximum atomic E-state index is 5.51. The van der Waals surface area contributed by atoms with Crippen LogP contribution in [-0.4, -0.2) is 20.8 Å². The van der Waals surface area contributed by atoms with Crippen LogP contribution in [0.5, 0.6) is 11.5 Å². The van der Waals surface area contributed by atoms with E-state index in [0.29, 0.717) is 0 Å². The van der Waals surface area contributed by atoms with Gasteiger partial charge in [0.15, 0.2) is 23.9 Å². The molecule has 0 spiro atoms. The first-order chi connectivity index (χ1) is 12.3. The van der Waals surface area contributed by atoms with E-state index in [0.717, 1.165) is 36.6 Å². The van der Waals surface area contributed by atoms with E-state index in [1.807, 2.05) is 18.2 Å². The van der Waals surface area contributed by atoms with Crippen molar-refractivity contribution in [2.75, 3.05) is 20.8 Å². The van der Waals surface area contributed by atoms with Crippen LogP contribution >= 0.6 is 0 Å². The van der Waals surface area contributed by atoms with Crippen LogP contribution in [-0.2, 0) is 6.54 Å². The molecule has 0 unspecified atom stereocenters. The van der Waals surface area contributed by atoms with E-state index in [9.17, 15) is 0 Å². The molecule has 0 aliphatic rings. The molecule has 134 valence electrons. The molecule has 4 nitrogen and oxygen atoms in total. The van der Waals surface area contributed by atoms with Crippen molar-refractivity contribution in [3.63, 3.8) is 0 Å². The number of nitrogens with two attached hydrogens (primary N) is 1. The van der Waals surface area contributed by atoms with Crippen LogP contribution in [0, 0.1) is 0 Å². The fraction of sp³-hybridized carbons (Fsp3) is 0.381. The quantitative estimate of drug-likeness (QED) is 0.530. The van der Waals surface area contributed by atoms with Crippen LogP contribution < -0.4 is 19.8 Å². The summed E-state index contributed by atoms with van der Waals surface area (Å²) in [5, 5.41) is 0. The summed E-state index contributed by atoms with van der Waals surface area (Å²) in [6.07, 6.45) is 13.3. The summed E-state index contributed by atoms with van der Waals surface area (Å²) in [6.45, 7) is 1.86. The maximum absolute atomic E-state index is 5.51. The van der Waals surface area contributed by atoms with Crippen molar-refractivity contribution < 1.29 is 14.0 Å². The Balaban J connectivity index is 1.91. The molecule has 4 heteroatoms. The summed E-state index contributed by atoms with van der Waals surface area (Å²) in [5.74, 6) is 1.48. The molecular formula is C21H29N2O2+. The molecular weight excluding hydrogens is 312 g/mol. The molecule has 0 aliphatic heterocycles. The van der Waals surface area contributed by atoms with E-state index in [4.69, 9.17) is 15.2 Å². The number of aromatic nitrogens is 1. The van der Waals surface area contributed by atoms with Crippen molar-refractivity contribution in [1.82, 2.24) is 0 Å². The molecule has 2 aromatic rings. The lowest BCUT2D eigenvalue weighted by Crippen LogP contribution is -2.32. The predicted molar refractivity (Wildman–Crippen MR) is 103 cm³/mol. The maximum Gasteiger partial charge on any atom is 0.169 e. The Kier molecular flexibility index (Phi) is 7.99.